The Morgan fingerprint density at radius 2 is 0.875 bits per heavy atom. The molecule has 0 aliphatic heterocycles. The van der Waals surface area contributed by atoms with E-state index in [2.05, 4.69) is 65.6 Å². The molecule has 0 aliphatic rings. The van der Waals surface area contributed by atoms with Crippen LogP contribution in [0.25, 0.3) is 0 Å². The molecule has 40 heavy (non-hydrogen) atoms. The lowest BCUT2D eigenvalue weighted by molar-refractivity contribution is 0.0524. The third kappa shape index (κ3) is 7.06. The minimum atomic E-state index is -3.12. The number of nitrogens with zero attached hydrogens (tertiary/aromatic N) is 1. The lowest BCUT2D eigenvalue weighted by atomic mass is 9.98. The van der Waals surface area contributed by atoms with E-state index in [-0.39, 0.29) is 12.2 Å². The highest BCUT2D eigenvalue weighted by atomic mass is 31.2. The number of hydrogen-bond acceptors (Lipinski definition) is 3. The van der Waals surface area contributed by atoms with E-state index in [1.807, 2.05) is 91.0 Å². The zero-order valence-electron chi connectivity index (χ0n) is 22.7. The van der Waals surface area contributed by atoms with Gasteiger partial charge in [-0.15, -0.1) is 0 Å². The summed E-state index contributed by atoms with van der Waals surface area (Å²) in [5.74, 6) is 0. The van der Waals surface area contributed by atoms with Gasteiger partial charge in [-0.1, -0.05) is 152 Å². The summed E-state index contributed by atoms with van der Waals surface area (Å²) in [6.45, 7) is 1.34. The maximum atomic E-state index is 14.9. The first-order valence-electron chi connectivity index (χ1n) is 13.9. The van der Waals surface area contributed by atoms with Gasteiger partial charge in [0, 0.05) is 35.9 Å². The Kier molecular flexibility index (Phi) is 9.42. The lowest BCUT2D eigenvalue weighted by Gasteiger charge is -2.37. The highest BCUT2D eigenvalue weighted by molar-refractivity contribution is 7.78. The van der Waals surface area contributed by atoms with Crippen LogP contribution in [0, 0.1) is 0 Å². The van der Waals surface area contributed by atoms with Crippen molar-refractivity contribution in [3.05, 3.63) is 168 Å². The molecule has 0 saturated carbocycles. The van der Waals surface area contributed by atoms with E-state index >= 15 is 0 Å². The molecule has 5 rings (SSSR count). The van der Waals surface area contributed by atoms with E-state index in [1.54, 1.807) is 0 Å². The molecule has 5 aromatic rings. The van der Waals surface area contributed by atoms with Crippen molar-refractivity contribution in [3.8, 4) is 0 Å². The van der Waals surface area contributed by atoms with Gasteiger partial charge in [0.25, 0.3) is 0 Å². The molecule has 202 valence electrons. The zero-order chi connectivity index (χ0) is 27.6. The maximum absolute atomic E-state index is 14.9. The number of benzene rings is 5. The van der Waals surface area contributed by atoms with Crippen LogP contribution >= 0.6 is 7.14 Å². The maximum Gasteiger partial charge on any atom is 0.145 e. The van der Waals surface area contributed by atoms with Crippen LogP contribution in [-0.4, -0.2) is 28.3 Å². The van der Waals surface area contributed by atoms with Crippen molar-refractivity contribution >= 4 is 17.8 Å². The predicted molar refractivity (Wildman–Crippen MR) is 167 cm³/mol. The molecule has 0 bridgehead atoms. The first kappa shape index (κ1) is 27.8. The van der Waals surface area contributed by atoms with Gasteiger partial charge in [-0.2, -0.15) is 0 Å². The van der Waals surface area contributed by atoms with Crippen molar-refractivity contribution in [1.29, 1.82) is 0 Å². The van der Waals surface area contributed by atoms with Gasteiger partial charge in [0.2, 0.25) is 0 Å². The van der Waals surface area contributed by atoms with Crippen LogP contribution in [0.5, 0.6) is 0 Å². The fraction of sp³-hybridized carbons (Fsp3) is 0.167. The molecule has 0 radical (unpaired) electrons. The van der Waals surface area contributed by atoms with Gasteiger partial charge in [0.1, 0.15) is 7.14 Å². The summed E-state index contributed by atoms with van der Waals surface area (Å²) in [7, 11) is -3.12. The Hall–Kier alpha value is -3.75. The molecule has 0 saturated heterocycles. The molecule has 5 aromatic carbocycles. The lowest BCUT2D eigenvalue weighted by Crippen LogP contribution is -2.46. The summed E-state index contributed by atoms with van der Waals surface area (Å²) in [5.41, 5.74) is 3.50. The average molecular weight is 546 g/mol. The fourth-order valence-corrected chi connectivity index (χ4v) is 8.17. The molecule has 1 N–H and O–H groups in total. The molecule has 0 unspecified atom stereocenters. The van der Waals surface area contributed by atoms with Gasteiger partial charge in [-0.3, -0.25) is 4.90 Å². The van der Waals surface area contributed by atoms with E-state index in [4.69, 9.17) is 0 Å². The van der Waals surface area contributed by atoms with Crippen molar-refractivity contribution in [2.45, 2.75) is 31.7 Å². The van der Waals surface area contributed by atoms with Crippen molar-refractivity contribution in [2.24, 2.45) is 0 Å². The van der Waals surface area contributed by atoms with Crippen LogP contribution in [0.1, 0.15) is 16.7 Å². The average Bonchev–Trinajstić information content (AvgIpc) is 3.02. The summed E-state index contributed by atoms with van der Waals surface area (Å²) in [5, 5.41) is 13.7. The molecule has 0 fully saturated rings. The van der Waals surface area contributed by atoms with Crippen molar-refractivity contribution < 1.29 is 9.67 Å². The Morgan fingerprint density at radius 1 is 0.525 bits per heavy atom. The topological polar surface area (TPSA) is 40.5 Å². The van der Waals surface area contributed by atoms with E-state index < -0.39 is 13.2 Å². The number of aliphatic hydroxyl groups excluding tert-OH is 1. The highest BCUT2D eigenvalue weighted by Gasteiger charge is 2.35. The summed E-state index contributed by atoms with van der Waals surface area (Å²) >= 11 is 0. The molecule has 4 heteroatoms. The summed E-state index contributed by atoms with van der Waals surface area (Å²) in [6.07, 6.45) is -0.0250. The van der Waals surface area contributed by atoms with Gasteiger partial charge >= 0.3 is 0 Å². The van der Waals surface area contributed by atoms with Crippen LogP contribution in [0.2, 0.25) is 0 Å². The Bertz CT molecular complexity index is 1390. The molecule has 0 spiro atoms. The monoisotopic (exact) mass is 545 g/mol. The van der Waals surface area contributed by atoms with E-state index in [1.165, 1.54) is 11.1 Å². The first-order chi connectivity index (χ1) is 19.6. The highest BCUT2D eigenvalue weighted by Crippen LogP contribution is 2.45. The van der Waals surface area contributed by atoms with E-state index in [0.29, 0.717) is 19.5 Å². The van der Waals surface area contributed by atoms with Crippen LogP contribution in [0.4, 0.5) is 0 Å². The molecular weight excluding hydrogens is 509 g/mol. The normalized spacial score (nSPS) is 13.2. The second-order valence-electron chi connectivity index (χ2n) is 10.3. The second kappa shape index (κ2) is 13.5. The largest absolute Gasteiger partial charge is 0.391 e. The molecule has 3 nitrogen and oxygen atoms in total. The molecule has 0 aliphatic carbocycles. The zero-order valence-corrected chi connectivity index (χ0v) is 23.6. The van der Waals surface area contributed by atoms with Crippen molar-refractivity contribution in [3.63, 3.8) is 0 Å². The van der Waals surface area contributed by atoms with Gasteiger partial charge in [0.05, 0.1) is 6.10 Å². The van der Waals surface area contributed by atoms with Crippen molar-refractivity contribution in [2.75, 3.05) is 6.16 Å². The van der Waals surface area contributed by atoms with E-state index in [0.717, 1.165) is 16.2 Å². The third-order valence-electron chi connectivity index (χ3n) is 7.45. The summed E-state index contributed by atoms with van der Waals surface area (Å²) < 4.78 is 14.9. The second-order valence-corrected chi connectivity index (χ2v) is 13.2. The predicted octanol–water partition coefficient (Wildman–Crippen LogP) is 6.68. The first-order valence-corrected chi connectivity index (χ1v) is 15.8. The smallest absolute Gasteiger partial charge is 0.145 e. The van der Waals surface area contributed by atoms with Crippen LogP contribution < -0.4 is 10.6 Å². The Morgan fingerprint density at radius 3 is 1.27 bits per heavy atom. The SMILES string of the molecule is O=P(C[C@@H](O)[C@H](Cc1ccccc1)N(Cc1ccccc1)Cc1ccccc1)(c1ccccc1)c1ccccc1. The number of rotatable bonds is 12. The van der Waals surface area contributed by atoms with Gasteiger partial charge in [-0.05, 0) is 23.1 Å². The number of hydrogen-bond donors (Lipinski definition) is 1. The summed E-state index contributed by atoms with van der Waals surface area (Å²) in [4.78, 5) is 2.35. The van der Waals surface area contributed by atoms with Gasteiger partial charge < -0.3 is 9.67 Å². The number of aliphatic hydroxyl groups is 1. The van der Waals surface area contributed by atoms with Gasteiger partial charge in [-0.25, -0.2) is 0 Å². The minimum Gasteiger partial charge on any atom is -0.391 e. The van der Waals surface area contributed by atoms with Crippen LogP contribution in [0.15, 0.2) is 152 Å². The van der Waals surface area contributed by atoms with E-state index in [9.17, 15) is 9.67 Å². The third-order valence-corrected chi connectivity index (χ3v) is 10.6. The van der Waals surface area contributed by atoms with Crippen LogP contribution in [0.3, 0.4) is 0 Å². The molecule has 2 atom stereocenters. The van der Waals surface area contributed by atoms with Crippen LogP contribution in [-0.2, 0) is 24.1 Å². The van der Waals surface area contributed by atoms with Gasteiger partial charge in [0.15, 0.2) is 0 Å². The fourth-order valence-electron chi connectivity index (χ4n) is 5.37. The Labute approximate surface area is 238 Å². The molecule has 0 aromatic heterocycles. The molecule has 0 heterocycles. The Balaban J connectivity index is 1.54. The molecular formula is C36H36NO2P. The minimum absolute atomic E-state index is 0.165. The quantitative estimate of drug-likeness (QED) is 0.178. The summed E-state index contributed by atoms with van der Waals surface area (Å²) in [6, 6.07) is 50.1. The standard InChI is InChI=1S/C36H36NO2P/c38-36(29-40(39,33-22-12-4-13-23-33)34-24-14-5-15-25-34)35(26-30-16-6-1-7-17-30)37(27-31-18-8-2-9-19-31)28-32-20-10-3-11-21-32/h1-25,35-36,38H,26-29H2/t35-,36+/m0/s1. The molecule has 0 amide bonds. The van der Waals surface area contributed by atoms with Crippen molar-refractivity contribution in [1.82, 2.24) is 4.90 Å².